The lowest BCUT2D eigenvalue weighted by Gasteiger charge is -2.28. The Morgan fingerprint density at radius 2 is 1.87 bits per heavy atom. The summed E-state index contributed by atoms with van der Waals surface area (Å²) >= 11 is 0. The first-order valence-electron chi connectivity index (χ1n) is 9.62. The Kier molecular flexibility index (Phi) is 7.24. The Labute approximate surface area is 174 Å². The van der Waals surface area contributed by atoms with Crippen molar-refractivity contribution in [2.45, 2.75) is 13.0 Å². The first-order chi connectivity index (χ1) is 14.6. The number of morpholine rings is 1. The molecule has 2 aromatic carbocycles. The quantitative estimate of drug-likeness (QED) is 0.701. The number of hydrogen-bond donors (Lipinski definition) is 1. The minimum absolute atomic E-state index is 0.286. The molecule has 1 saturated heterocycles. The molecule has 1 atom stereocenters. The number of amides is 1. The van der Waals surface area contributed by atoms with Crippen LogP contribution in [0, 0.1) is 11.3 Å². The van der Waals surface area contributed by atoms with Gasteiger partial charge in [0.05, 0.1) is 18.8 Å². The van der Waals surface area contributed by atoms with Crippen molar-refractivity contribution in [3.63, 3.8) is 0 Å². The van der Waals surface area contributed by atoms with Gasteiger partial charge >= 0.3 is 5.97 Å². The number of hydrogen-bond acceptors (Lipinski definition) is 7. The van der Waals surface area contributed by atoms with E-state index in [2.05, 4.69) is 10.2 Å². The predicted octanol–water partition coefficient (Wildman–Crippen LogP) is 2.34. The van der Waals surface area contributed by atoms with Gasteiger partial charge in [0.2, 0.25) is 0 Å². The summed E-state index contributed by atoms with van der Waals surface area (Å²) < 4.78 is 15.8. The third-order valence-corrected chi connectivity index (χ3v) is 4.54. The van der Waals surface area contributed by atoms with Gasteiger partial charge < -0.3 is 24.4 Å². The Bertz CT molecular complexity index is 917. The van der Waals surface area contributed by atoms with Crippen molar-refractivity contribution < 1.29 is 23.8 Å². The summed E-state index contributed by atoms with van der Waals surface area (Å²) in [6, 6.07) is 16.0. The molecule has 0 bridgehead atoms. The summed E-state index contributed by atoms with van der Waals surface area (Å²) in [5, 5.41) is 11.8. The van der Waals surface area contributed by atoms with Crippen LogP contribution in [0.2, 0.25) is 0 Å². The van der Waals surface area contributed by atoms with Crippen LogP contribution in [0.3, 0.4) is 0 Å². The van der Waals surface area contributed by atoms with Crippen molar-refractivity contribution in [1.29, 1.82) is 5.26 Å². The molecule has 8 heteroatoms. The monoisotopic (exact) mass is 409 g/mol. The zero-order chi connectivity index (χ0) is 21.3. The molecule has 156 valence electrons. The fourth-order valence-corrected chi connectivity index (χ4v) is 2.93. The van der Waals surface area contributed by atoms with E-state index in [1.54, 1.807) is 36.4 Å². The van der Waals surface area contributed by atoms with Crippen LogP contribution in [-0.2, 0) is 19.1 Å². The van der Waals surface area contributed by atoms with Crippen molar-refractivity contribution in [3.8, 4) is 11.8 Å². The van der Waals surface area contributed by atoms with E-state index < -0.39 is 24.6 Å². The summed E-state index contributed by atoms with van der Waals surface area (Å²) in [6.45, 7) is 4.16. The second kappa shape index (κ2) is 10.3. The topological polar surface area (TPSA) is 101 Å². The van der Waals surface area contributed by atoms with Crippen LogP contribution in [-0.4, -0.2) is 50.9 Å². The molecule has 1 heterocycles. The highest BCUT2D eigenvalue weighted by Crippen LogP contribution is 2.19. The van der Waals surface area contributed by atoms with Crippen LogP contribution >= 0.6 is 0 Å². The smallest absolute Gasteiger partial charge is 0.344 e. The number of benzene rings is 2. The molecule has 1 amide bonds. The molecule has 1 aliphatic heterocycles. The maximum Gasteiger partial charge on any atom is 0.344 e. The number of nitriles is 1. The Hall–Kier alpha value is -3.57. The Morgan fingerprint density at radius 3 is 2.57 bits per heavy atom. The summed E-state index contributed by atoms with van der Waals surface area (Å²) in [4.78, 5) is 26.5. The number of carbonyl (C=O) groups excluding carboxylic acids is 2. The number of para-hydroxylation sites is 1. The average Bonchev–Trinajstić information content (AvgIpc) is 2.79. The highest BCUT2D eigenvalue weighted by Gasteiger charge is 2.19. The van der Waals surface area contributed by atoms with Gasteiger partial charge in [-0.3, -0.25) is 4.79 Å². The lowest BCUT2D eigenvalue weighted by molar-refractivity contribution is -0.155. The van der Waals surface area contributed by atoms with Gasteiger partial charge in [-0.15, -0.1) is 0 Å². The molecule has 0 spiro atoms. The third kappa shape index (κ3) is 5.72. The number of rotatable bonds is 7. The van der Waals surface area contributed by atoms with Gasteiger partial charge in [0.25, 0.3) is 5.91 Å². The standard InChI is InChI=1S/C22H23N3O5/c1-16(30-21(26)15-29-20-5-3-2-4-17(20)14-23)22(27)24-18-6-8-19(9-7-18)25-10-12-28-13-11-25/h2-9,16H,10-13,15H2,1H3,(H,24,27)/t16-/m0/s1. The molecule has 3 rings (SSSR count). The van der Waals surface area contributed by atoms with Gasteiger partial charge in [-0.25, -0.2) is 4.79 Å². The normalized spacial score (nSPS) is 14.3. The Balaban J connectivity index is 1.47. The fourth-order valence-electron chi connectivity index (χ4n) is 2.93. The second-order valence-electron chi connectivity index (χ2n) is 6.66. The molecule has 30 heavy (non-hydrogen) atoms. The van der Waals surface area contributed by atoms with Gasteiger partial charge in [-0.1, -0.05) is 12.1 Å². The van der Waals surface area contributed by atoms with Crippen LogP contribution < -0.4 is 15.0 Å². The van der Waals surface area contributed by atoms with Crippen LogP contribution in [0.1, 0.15) is 12.5 Å². The van der Waals surface area contributed by atoms with E-state index in [9.17, 15) is 9.59 Å². The number of ether oxygens (including phenoxy) is 3. The maximum absolute atomic E-state index is 12.3. The van der Waals surface area contributed by atoms with Gasteiger partial charge in [0.15, 0.2) is 12.7 Å². The van der Waals surface area contributed by atoms with Crippen molar-refractivity contribution >= 4 is 23.3 Å². The van der Waals surface area contributed by atoms with Crippen LogP contribution in [0.5, 0.6) is 5.75 Å². The zero-order valence-corrected chi connectivity index (χ0v) is 16.7. The minimum Gasteiger partial charge on any atom is -0.481 e. The predicted molar refractivity (Wildman–Crippen MR) is 110 cm³/mol. The average molecular weight is 409 g/mol. The number of esters is 1. The van der Waals surface area contributed by atoms with Gasteiger partial charge in [0, 0.05) is 24.5 Å². The van der Waals surface area contributed by atoms with Crippen LogP contribution in [0.25, 0.3) is 0 Å². The molecule has 0 radical (unpaired) electrons. The first-order valence-corrected chi connectivity index (χ1v) is 9.62. The number of nitrogens with one attached hydrogen (secondary N) is 1. The lowest BCUT2D eigenvalue weighted by Crippen LogP contribution is -2.36. The van der Waals surface area contributed by atoms with E-state index in [-0.39, 0.29) is 5.75 Å². The molecule has 1 aliphatic rings. The molecule has 0 saturated carbocycles. The van der Waals surface area contributed by atoms with E-state index in [0.29, 0.717) is 24.5 Å². The largest absolute Gasteiger partial charge is 0.481 e. The van der Waals surface area contributed by atoms with Crippen molar-refractivity contribution in [3.05, 3.63) is 54.1 Å². The summed E-state index contributed by atoms with van der Waals surface area (Å²) in [5.74, 6) is -0.859. The first kappa shape index (κ1) is 21.1. The van der Waals surface area contributed by atoms with E-state index in [0.717, 1.165) is 18.8 Å². The SMILES string of the molecule is C[C@H](OC(=O)COc1ccccc1C#N)C(=O)Nc1ccc(N2CCOCC2)cc1. The molecule has 8 nitrogen and oxygen atoms in total. The van der Waals surface area contributed by atoms with E-state index >= 15 is 0 Å². The van der Waals surface area contributed by atoms with Crippen molar-refractivity contribution in [2.24, 2.45) is 0 Å². The summed E-state index contributed by atoms with van der Waals surface area (Å²) in [5.41, 5.74) is 1.99. The third-order valence-electron chi connectivity index (χ3n) is 4.54. The molecular formula is C22H23N3O5. The highest BCUT2D eigenvalue weighted by atomic mass is 16.6. The molecule has 1 N–H and O–H groups in total. The van der Waals surface area contributed by atoms with E-state index in [4.69, 9.17) is 19.5 Å². The number of anilines is 2. The fraction of sp³-hybridized carbons (Fsp3) is 0.318. The molecule has 0 aromatic heterocycles. The minimum atomic E-state index is -0.994. The second-order valence-corrected chi connectivity index (χ2v) is 6.66. The molecule has 0 unspecified atom stereocenters. The van der Waals surface area contributed by atoms with Crippen LogP contribution in [0.15, 0.2) is 48.5 Å². The highest BCUT2D eigenvalue weighted by molar-refractivity contribution is 5.95. The number of nitrogens with zero attached hydrogens (tertiary/aromatic N) is 2. The van der Waals surface area contributed by atoms with Crippen molar-refractivity contribution in [2.75, 3.05) is 43.1 Å². The van der Waals surface area contributed by atoms with Gasteiger partial charge in [-0.2, -0.15) is 5.26 Å². The van der Waals surface area contributed by atoms with E-state index in [1.807, 2.05) is 18.2 Å². The van der Waals surface area contributed by atoms with Crippen molar-refractivity contribution in [1.82, 2.24) is 0 Å². The van der Waals surface area contributed by atoms with Gasteiger partial charge in [-0.05, 0) is 43.3 Å². The maximum atomic E-state index is 12.3. The molecule has 1 fully saturated rings. The summed E-state index contributed by atoms with van der Waals surface area (Å²) in [7, 11) is 0. The molecule has 2 aromatic rings. The summed E-state index contributed by atoms with van der Waals surface area (Å²) in [6.07, 6.45) is -0.994. The molecular weight excluding hydrogens is 386 g/mol. The molecule has 0 aliphatic carbocycles. The van der Waals surface area contributed by atoms with Gasteiger partial charge in [0.1, 0.15) is 11.8 Å². The van der Waals surface area contributed by atoms with E-state index in [1.165, 1.54) is 6.92 Å². The lowest BCUT2D eigenvalue weighted by atomic mass is 10.2. The van der Waals surface area contributed by atoms with Crippen LogP contribution in [0.4, 0.5) is 11.4 Å². The zero-order valence-electron chi connectivity index (χ0n) is 16.7. The Morgan fingerprint density at radius 1 is 1.17 bits per heavy atom. The number of carbonyl (C=O) groups is 2.